The van der Waals surface area contributed by atoms with Crippen molar-refractivity contribution in [1.82, 2.24) is 4.90 Å². The van der Waals surface area contributed by atoms with Gasteiger partial charge in [-0.1, -0.05) is 13.3 Å². The molecule has 0 aromatic carbocycles. The Kier molecular flexibility index (Phi) is 9.35. The molecule has 0 fully saturated rings. The lowest BCUT2D eigenvalue weighted by Gasteiger charge is -2.25. The molecule has 0 bridgehead atoms. The van der Waals surface area contributed by atoms with Gasteiger partial charge in [-0.05, 0) is 6.42 Å². The molecule has 0 radical (unpaired) electrons. The van der Waals surface area contributed by atoms with Gasteiger partial charge >= 0.3 is 6.18 Å². The summed E-state index contributed by atoms with van der Waals surface area (Å²) >= 11 is 0. The topological polar surface area (TPSA) is 52.9 Å². The van der Waals surface area contributed by atoms with E-state index in [-0.39, 0.29) is 26.3 Å². The third-order valence-corrected chi connectivity index (χ3v) is 2.24. The van der Waals surface area contributed by atoms with E-state index in [1.807, 2.05) is 6.92 Å². The average molecular weight is 273 g/mol. The number of hydrogen-bond donors (Lipinski definition) is 2. The number of aliphatic hydroxyl groups excluding tert-OH is 2. The van der Waals surface area contributed by atoms with E-state index >= 15 is 0 Å². The molecule has 0 aliphatic heterocycles. The fraction of sp³-hybridized carbons (Fsp3) is 1.00. The molecule has 7 heteroatoms. The van der Waals surface area contributed by atoms with Gasteiger partial charge in [0.25, 0.3) is 0 Å². The number of hydrogen-bond acceptors (Lipinski definition) is 4. The van der Waals surface area contributed by atoms with Crippen LogP contribution < -0.4 is 0 Å². The zero-order chi connectivity index (χ0) is 14.0. The highest BCUT2D eigenvalue weighted by Crippen LogP contribution is 2.16. The number of alkyl halides is 3. The predicted octanol–water partition coefficient (Wildman–Crippen LogP) is 1.02. The predicted molar refractivity (Wildman–Crippen MR) is 61.3 cm³/mol. The highest BCUT2D eigenvalue weighted by molar-refractivity contribution is 4.67. The van der Waals surface area contributed by atoms with Crippen LogP contribution in [-0.2, 0) is 4.74 Å². The Morgan fingerprint density at radius 2 is 2.00 bits per heavy atom. The second-order valence-electron chi connectivity index (χ2n) is 4.16. The summed E-state index contributed by atoms with van der Waals surface area (Å²) in [7, 11) is 0. The van der Waals surface area contributed by atoms with Crippen molar-refractivity contribution < 1.29 is 28.1 Å². The lowest BCUT2D eigenvalue weighted by Crippen LogP contribution is -2.42. The first-order valence-corrected chi connectivity index (χ1v) is 6.04. The van der Waals surface area contributed by atoms with E-state index in [9.17, 15) is 18.3 Å². The van der Waals surface area contributed by atoms with E-state index in [1.54, 1.807) is 0 Å². The molecule has 0 saturated heterocycles. The number of nitrogens with zero attached hydrogens (tertiary/aromatic N) is 1. The first-order valence-electron chi connectivity index (χ1n) is 6.04. The van der Waals surface area contributed by atoms with Crippen molar-refractivity contribution in [2.75, 3.05) is 39.5 Å². The second-order valence-corrected chi connectivity index (χ2v) is 4.16. The van der Waals surface area contributed by atoms with E-state index in [0.717, 1.165) is 17.7 Å². The van der Waals surface area contributed by atoms with Gasteiger partial charge in [0.1, 0.15) is 0 Å². The highest BCUT2D eigenvalue weighted by Gasteiger charge is 2.31. The van der Waals surface area contributed by atoms with Gasteiger partial charge in [0, 0.05) is 19.7 Å². The van der Waals surface area contributed by atoms with Gasteiger partial charge in [-0.3, -0.25) is 4.90 Å². The minimum Gasteiger partial charge on any atom is -0.395 e. The fourth-order valence-electron chi connectivity index (χ4n) is 1.45. The molecule has 0 aromatic heterocycles. The van der Waals surface area contributed by atoms with Crippen LogP contribution in [0.5, 0.6) is 0 Å². The molecule has 0 aliphatic rings. The molecule has 2 N–H and O–H groups in total. The Labute approximate surface area is 105 Å². The summed E-state index contributed by atoms with van der Waals surface area (Å²) in [6.07, 6.45) is -3.50. The molecule has 0 saturated carbocycles. The van der Waals surface area contributed by atoms with Gasteiger partial charge in [-0.25, -0.2) is 0 Å². The molecule has 0 amide bonds. The van der Waals surface area contributed by atoms with Crippen molar-refractivity contribution in [2.24, 2.45) is 0 Å². The van der Waals surface area contributed by atoms with Crippen molar-refractivity contribution >= 4 is 0 Å². The van der Waals surface area contributed by atoms with Crippen LogP contribution in [0, 0.1) is 0 Å². The summed E-state index contributed by atoms with van der Waals surface area (Å²) < 4.78 is 41.7. The number of ether oxygens (including phenoxy) is 1. The quantitative estimate of drug-likeness (QED) is 0.584. The second kappa shape index (κ2) is 9.55. The summed E-state index contributed by atoms with van der Waals surface area (Å²) in [5, 5.41) is 18.2. The van der Waals surface area contributed by atoms with Crippen molar-refractivity contribution in [3.8, 4) is 0 Å². The number of rotatable bonds is 10. The maximum absolute atomic E-state index is 12.2. The van der Waals surface area contributed by atoms with Crippen LogP contribution in [-0.4, -0.2) is 66.8 Å². The molecule has 0 rings (SSSR count). The summed E-state index contributed by atoms with van der Waals surface area (Å²) in [5.74, 6) is 0. The van der Waals surface area contributed by atoms with Gasteiger partial charge in [0.2, 0.25) is 0 Å². The van der Waals surface area contributed by atoms with Crippen LogP contribution >= 0.6 is 0 Å². The molecule has 4 nitrogen and oxygen atoms in total. The molecule has 0 heterocycles. The van der Waals surface area contributed by atoms with E-state index in [4.69, 9.17) is 9.84 Å². The molecule has 0 aliphatic carbocycles. The first-order chi connectivity index (χ1) is 8.39. The first kappa shape index (κ1) is 17.6. The van der Waals surface area contributed by atoms with Crippen LogP contribution in [0.4, 0.5) is 13.2 Å². The number of aliphatic hydroxyl groups is 2. The third-order valence-electron chi connectivity index (χ3n) is 2.24. The maximum atomic E-state index is 12.2. The van der Waals surface area contributed by atoms with Crippen LogP contribution in [0.25, 0.3) is 0 Å². The van der Waals surface area contributed by atoms with Gasteiger partial charge in [0.15, 0.2) is 0 Å². The van der Waals surface area contributed by atoms with Crippen LogP contribution in [0.3, 0.4) is 0 Å². The Morgan fingerprint density at radius 3 is 2.50 bits per heavy atom. The molecule has 1 unspecified atom stereocenters. The normalized spacial score (nSPS) is 14.2. The van der Waals surface area contributed by atoms with Crippen molar-refractivity contribution in [1.29, 1.82) is 0 Å². The van der Waals surface area contributed by atoms with Crippen LogP contribution in [0.2, 0.25) is 0 Å². The zero-order valence-corrected chi connectivity index (χ0v) is 10.6. The summed E-state index contributed by atoms with van der Waals surface area (Å²) in [6, 6.07) is 0. The Bertz CT molecular complexity index is 202. The third kappa shape index (κ3) is 10.8. The van der Waals surface area contributed by atoms with Crippen molar-refractivity contribution in [2.45, 2.75) is 32.0 Å². The minimum atomic E-state index is -4.34. The Balaban J connectivity index is 3.91. The Hall–Kier alpha value is -0.370. The number of halogens is 3. The average Bonchev–Trinajstić information content (AvgIpc) is 2.22. The Morgan fingerprint density at radius 1 is 1.33 bits per heavy atom. The summed E-state index contributed by atoms with van der Waals surface area (Å²) in [5.41, 5.74) is 0. The lowest BCUT2D eigenvalue weighted by molar-refractivity contribution is -0.150. The summed E-state index contributed by atoms with van der Waals surface area (Å²) in [4.78, 5) is 0.966. The minimum absolute atomic E-state index is 0.0137. The largest absolute Gasteiger partial charge is 0.401 e. The van der Waals surface area contributed by atoms with E-state index in [2.05, 4.69) is 0 Å². The van der Waals surface area contributed by atoms with E-state index in [0.29, 0.717) is 6.61 Å². The van der Waals surface area contributed by atoms with Gasteiger partial charge in [0.05, 0.1) is 25.9 Å². The van der Waals surface area contributed by atoms with E-state index in [1.165, 1.54) is 0 Å². The SMILES string of the molecule is CCCCOCC(O)CN(CCO)CC(F)(F)F. The zero-order valence-electron chi connectivity index (χ0n) is 10.6. The van der Waals surface area contributed by atoms with Crippen LogP contribution in [0.15, 0.2) is 0 Å². The molecular weight excluding hydrogens is 251 g/mol. The van der Waals surface area contributed by atoms with Gasteiger partial charge < -0.3 is 14.9 Å². The van der Waals surface area contributed by atoms with Gasteiger partial charge in [-0.15, -0.1) is 0 Å². The van der Waals surface area contributed by atoms with Crippen molar-refractivity contribution in [3.05, 3.63) is 0 Å². The molecule has 1 atom stereocenters. The van der Waals surface area contributed by atoms with Gasteiger partial charge in [-0.2, -0.15) is 13.2 Å². The lowest BCUT2D eigenvalue weighted by atomic mass is 10.3. The highest BCUT2D eigenvalue weighted by atomic mass is 19.4. The van der Waals surface area contributed by atoms with Crippen LogP contribution in [0.1, 0.15) is 19.8 Å². The standard InChI is InChI=1S/C11H22F3NO3/c1-2-3-6-18-8-10(17)7-15(4-5-16)9-11(12,13)14/h10,16-17H,2-9H2,1H3. The van der Waals surface area contributed by atoms with Crippen molar-refractivity contribution in [3.63, 3.8) is 0 Å². The molecular formula is C11H22F3NO3. The molecule has 0 aromatic rings. The van der Waals surface area contributed by atoms with E-state index < -0.39 is 18.8 Å². The molecule has 110 valence electrons. The fourth-order valence-corrected chi connectivity index (χ4v) is 1.45. The maximum Gasteiger partial charge on any atom is 0.401 e. The smallest absolute Gasteiger partial charge is 0.395 e. The monoisotopic (exact) mass is 273 g/mol. The number of unbranched alkanes of at least 4 members (excludes halogenated alkanes) is 1. The summed E-state index contributed by atoms with van der Waals surface area (Å²) in [6.45, 7) is 0.704. The molecule has 18 heavy (non-hydrogen) atoms. The molecule has 0 spiro atoms.